The smallest absolute Gasteiger partial charge is 0.194 e. The molecule has 14 heavy (non-hydrogen) atoms. The fourth-order valence-electron chi connectivity index (χ4n) is 1.19. The summed E-state index contributed by atoms with van der Waals surface area (Å²) >= 11 is 0. The Morgan fingerprint density at radius 1 is 1.36 bits per heavy atom. The molecule has 0 unspecified atom stereocenters. The van der Waals surface area contributed by atoms with E-state index in [9.17, 15) is 0 Å². The maximum absolute atomic E-state index is 5.63. The molecular weight excluding hydrogens is 174 g/mol. The van der Waals surface area contributed by atoms with Crippen LogP contribution in [0.25, 0.3) is 0 Å². The molecule has 0 N–H and O–H groups in total. The molecule has 0 fully saturated rings. The summed E-state index contributed by atoms with van der Waals surface area (Å²) in [5.41, 5.74) is 0.354. The molecule has 1 aromatic heterocycles. The quantitative estimate of drug-likeness (QED) is 0.733. The third-order valence-electron chi connectivity index (χ3n) is 2.23. The summed E-state index contributed by atoms with van der Waals surface area (Å²) in [5, 5.41) is 0. The number of hydrogen-bond acceptors (Lipinski definition) is 2. The van der Waals surface area contributed by atoms with Gasteiger partial charge in [-0.15, -0.1) is 0 Å². The van der Waals surface area contributed by atoms with Gasteiger partial charge in [0, 0.05) is 12.3 Å². The second-order valence-electron chi connectivity index (χ2n) is 5.37. The van der Waals surface area contributed by atoms with Crippen LogP contribution in [0, 0.1) is 5.41 Å². The molecule has 0 saturated carbocycles. The maximum Gasteiger partial charge on any atom is 0.194 e. The molecule has 0 saturated heterocycles. The molecule has 0 aliphatic rings. The van der Waals surface area contributed by atoms with Gasteiger partial charge in [-0.25, -0.2) is 4.98 Å². The van der Waals surface area contributed by atoms with E-state index < -0.39 is 0 Å². The number of aromatic nitrogens is 1. The predicted octanol–water partition coefficient (Wildman–Crippen LogP) is 3.78. The number of rotatable bonds is 3. The van der Waals surface area contributed by atoms with Gasteiger partial charge in [-0.3, -0.25) is 0 Å². The largest absolute Gasteiger partial charge is 0.445 e. The van der Waals surface area contributed by atoms with Gasteiger partial charge in [0.15, 0.2) is 5.89 Å². The molecule has 0 bridgehead atoms. The molecule has 2 heteroatoms. The van der Waals surface area contributed by atoms with Crippen molar-refractivity contribution in [3.8, 4) is 0 Å². The molecule has 80 valence electrons. The second-order valence-corrected chi connectivity index (χ2v) is 5.37. The lowest BCUT2D eigenvalue weighted by atomic mass is 9.91. The third kappa shape index (κ3) is 3.52. The number of aryl methyl sites for hydroxylation is 1. The Hall–Kier alpha value is -0.790. The molecule has 0 aliphatic heterocycles. The van der Waals surface area contributed by atoms with Crippen LogP contribution >= 0.6 is 0 Å². The van der Waals surface area contributed by atoms with Gasteiger partial charge in [0.1, 0.15) is 5.76 Å². The zero-order valence-electron chi connectivity index (χ0n) is 9.92. The van der Waals surface area contributed by atoms with Crippen LogP contribution in [0.1, 0.15) is 58.6 Å². The van der Waals surface area contributed by atoms with Gasteiger partial charge in [-0.2, -0.15) is 0 Å². The van der Waals surface area contributed by atoms with Crippen LogP contribution in [0.2, 0.25) is 0 Å². The minimum absolute atomic E-state index is 0.354. The van der Waals surface area contributed by atoms with Crippen LogP contribution in [0.15, 0.2) is 10.6 Å². The van der Waals surface area contributed by atoms with Crippen molar-refractivity contribution < 1.29 is 4.42 Å². The summed E-state index contributed by atoms with van der Waals surface area (Å²) in [7, 11) is 0. The molecule has 2 nitrogen and oxygen atoms in total. The summed E-state index contributed by atoms with van der Waals surface area (Å²) in [6.45, 7) is 10.9. The van der Waals surface area contributed by atoms with Crippen molar-refractivity contribution in [1.29, 1.82) is 0 Å². The zero-order valence-corrected chi connectivity index (χ0v) is 9.92. The standard InChI is InChI=1S/C12H21NO/c1-9(2)10-8-13-11(14-10)6-7-12(3,4)5/h8-9H,6-7H2,1-5H3. The van der Waals surface area contributed by atoms with Gasteiger partial charge in [-0.1, -0.05) is 34.6 Å². The third-order valence-corrected chi connectivity index (χ3v) is 2.23. The van der Waals surface area contributed by atoms with Crippen molar-refractivity contribution in [2.45, 2.75) is 53.4 Å². The van der Waals surface area contributed by atoms with Crippen molar-refractivity contribution >= 4 is 0 Å². The second kappa shape index (κ2) is 4.16. The number of nitrogens with zero attached hydrogens (tertiary/aromatic N) is 1. The molecule has 0 amide bonds. The van der Waals surface area contributed by atoms with Crippen LogP contribution in [-0.4, -0.2) is 4.98 Å². The van der Waals surface area contributed by atoms with Crippen molar-refractivity contribution in [2.24, 2.45) is 5.41 Å². The van der Waals surface area contributed by atoms with Gasteiger partial charge >= 0.3 is 0 Å². The normalized spacial score (nSPS) is 12.4. The summed E-state index contributed by atoms with van der Waals surface area (Å²) < 4.78 is 5.63. The highest BCUT2D eigenvalue weighted by Crippen LogP contribution is 2.22. The van der Waals surface area contributed by atoms with E-state index in [4.69, 9.17) is 4.42 Å². The van der Waals surface area contributed by atoms with E-state index in [2.05, 4.69) is 39.6 Å². The molecule has 1 aromatic rings. The van der Waals surface area contributed by atoms with Crippen LogP contribution in [0.3, 0.4) is 0 Å². The first-order valence-electron chi connectivity index (χ1n) is 5.33. The van der Waals surface area contributed by atoms with E-state index in [-0.39, 0.29) is 0 Å². The lowest BCUT2D eigenvalue weighted by molar-refractivity contribution is 0.347. The van der Waals surface area contributed by atoms with Gasteiger partial charge < -0.3 is 4.42 Å². The number of hydrogen-bond donors (Lipinski definition) is 0. The SMILES string of the molecule is CC(C)c1cnc(CCC(C)(C)C)o1. The lowest BCUT2D eigenvalue weighted by Crippen LogP contribution is -2.06. The fraction of sp³-hybridized carbons (Fsp3) is 0.750. The Morgan fingerprint density at radius 2 is 2.00 bits per heavy atom. The Kier molecular flexibility index (Phi) is 3.35. The van der Waals surface area contributed by atoms with Gasteiger partial charge in [0.05, 0.1) is 6.20 Å². The van der Waals surface area contributed by atoms with E-state index >= 15 is 0 Å². The first kappa shape index (κ1) is 11.3. The molecule has 1 rings (SSSR count). The lowest BCUT2D eigenvalue weighted by Gasteiger charge is -2.16. The highest BCUT2D eigenvalue weighted by molar-refractivity contribution is 4.99. The van der Waals surface area contributed by atoms with Crippen molar-refractivity contribution in [1.82, 2.24) is 4.98 Å². The van der Waals surface area contributed by atoms with Crippen molar-refractivity contribution in [2.75, 3.05) is 0 Å². The first-order chi connectivity index (χ1) is 6.38. The fourth-order valence-corrected chi connectivity index (χ4v) is 1.19. The summed E-state index contributed by atoms with van der Waals surface area (Å²) in [6.07, 6.45) is 3.91. The molecular formula is C12H21NO. The Balaban J connectivity index is 2.52. The summed E-state index contributed by atoms with van der Waals surface area (Å²) in [4.78, 5) is 4.27. The number of oxazole rings is 1. The highest BCUT2D eigenvalue weighted by atomic mass is 16.4. The van der Waals surface area contributed by atoms with Crippen LogP contribution in [0.4, 0.5) is 0 Å². The highest BCUT2D eigenvalue weighted by Gasteiger charge is 2.13. The van der Waals surface area contributed by atoms with Crippen molar-refractivity contribution in [3.05, 3.63) is 17.8 Å². The maximum atomic E-state index is 5.63. The Morgan fingerprint density at radius 3 is 2.43 bits per heavy atom. The molecule has 1 heterocycles. The van der Waals surface area contributed by atoms with E-state index in [1.165, 1.54) is 0 Å². The van der Waals surface area contributed by atoms with Gasteiger partial charge in [-0.05, 0) is 11.8 Å². The topological polar surface area (TPSA) is 26.0 Å². The minimum Gasteiger partial charge on any atom is -0.445 e. The van der Waals surface area contributed by atoms with E-state index in [0.717, 1.165) is 24.5 Å². The molecule has 0 aromatic carbocycles. The zero-order chi connectivity index (χ0) is 10.8. The summed E-state index contributed by atoms with van der Waals surface area (Å²) in [5.74, 6) is 2.31. The molecule has 0 radical (unpaired) electrons. The predicted molar refractivity (Wildman–Crippen MR) is 58.4 cm³/mol. The molecule has 0 spiro atoms. The monoisotopic (exact) mass is 195 g/mol. The molecule has 0 atom stereocenters. The van der Waals surface area contributed by atoms with Gasteiger partial charge in [0.25, 0.3) is 0 Å². The first-order valence-corrected chi connectivity index (χ1v) is 5.33. The van der Waals surface area contributed by atoms with Crippen LogP contribution in [-0.2, 0) is 6.42 Å². The van der Waals surface area contributed by atoms with Crippen molar-refractivity contribution in [3.63, 3.8) is 0 Å². The van der Waals surface area contributed by atoms with Crippen LogP contribution < -0.4 is 0 Å². The average molecular weight is 195 g/mol. The summed E-state index contributed by atoms with van der Waals surface area (Å²) in [6, 6.07) is 0. The van der Waals surface area contributed by atoms with Crippen LogP contribution in [0.5, 0.6) is 0 Å². The van der Waals surface area contributed by atoms with E-state index in [0.29, 0.717) is 11.3 Å². The average Bonchev–Trinajstić information content (AvgIpc) is 2.47. The van der Waals surface area contributed by atoms with E-state index in [1.54, 1.807) is 0 Å². The Labute approximate surface area is 86.7 Å². The Bertz CT molecular complexity index is 281. The molecule has 0 aliphatic carbocycles. The van der Waals surface area contributed by atoms with E-state index in [1.807, 2.05) is 6.20 Å². The van der Waals surface area contributed by atoms with Gasteiger partial charge in [0.2, 0.25) is 0 Å². The minimum atomic E-state index is 0.354.